The monoisotopic (exact) mass is 395 g/mol. The van der Waals surface area contributed by atoms with Crippen molar-refractivity contribution in [3.05, 3.63) is 59.2 Å². The Kier molecular flexibility index (Phi) is 6.16. The fraction of sp³-hybridized carbons (Fsp3) is 0.318. The number of hydrazone groups is 1. The van der Waals surface area contributed by atoms with Gasteiger partial charge in [-0.05, 0) is 36.6 Å². The topological polar surface area (TPSA) is 91.3 Å². The van der Waals surface area contributed by atoms with E-state index in [0.29, 0.717) is 17.9 Å². The highest BCUT2D eigenvalue weighted by Crippen LogP contribution is 2.37. The average Bonchev–Trinajstić information content (AvgIpc) is 3.17. The maximum atomic E-state index is 12.7. The lowest BCUT2D eigenvalue weighted by atomic mass is 9.97. The van der Waals surface area contributed by atoms with Crippen LogP contribution in [0.3, 0.4) is 0 Å². The molecule has 0 fully saturated rings. The van der Waals surface area contributed by atoms with Crippen LogP contribution in [0.1, 0.15) is 42.0 Å². The van der Waals surface area contributed by atoms with E-state index < -0.39 is 5.97 Å². The number of hydrogen-bond donors (Lipinski definition) is 0. The van der Waals surface area contributed by atoms with Gasteiger partial charge in [0.05, 0.1) is 26.0 Å². The number of methoxy groups -OCH3 is 2. The van der Waals surface area contributed by atoms with Gasteiger partial charge in [0.25, 0.3) is 0 Å². The number of nitrogens with zero attached hydrogens (tertiary/aromatic N) is 2. The molecule has 3 rings (SSSR count). The summed E-state index contributed by atoms with van der Waals surface area (Å²) in [5.74, 6) is -0.487. The minimum atomic E-state index is -1.26. The fourth-order valence-electron chi connectivity index (χ4n) is 3.30. The van der Waals surface area contributed by atoms with Crippen LogP contribution in [0.25, 0.3) is 0 Å². The summed E-state index contributed by atoms with van der Waals surface area (Å²) in [6, 6.07) is 13.0. The third-order valence-corrected chi connectivity index (χ3v) is 4.89. The highest BCUT2D eigenvalue weighted by Gasteiger charge is 2.33. The van der Waals surface area contributed by atoms with Gasteiger partial charge >= 0.3 is 0 Å². The quantitative estimate of drug-likeness (QED) is 0.717. The van der Waals surface area contributed by atoms with Crippen molar-refractivity contribution in [2.24, 2.45) is 5.10 Å². The highest BCUT2D eigenvalue weighted by molar-refractivity contribution is 6.03. The van der Waals surface area contributed by atoms with Gasteiger partial charge in [-0.15, -0.1) is 0 Å². The van der Waals surface area contributed by atoms with Gasteiger partial charge in [0.2, 0.25) is 5.91 Å². The van der Waals surface area contributed by atoms with Crippen molar-refractivity contribution < 1.29 is 24.2 Å². The van der Waals surface area contributed by atoms with Crippen molar-refractivity contribution in [2.75, 3.05) is 14.2 Å². The highest BCUT2D eigenvalue weighted by atomic mass is 16.5. The molecule has 1 aliphatic heterocycles. The van der Waals surface area contributed by atoms with Gasteiger partial charge in [-0.3, -0.25) is 4.79 Å². The smallest absolute Gasteiger partial charge is 0.243 e. The van der Waals surface area contributed by atoms with E-state index >= 15 is 0 Å². The van der Waals surface area contributed by atoms with E-state index in [2.05, 4.69) is 5.10 Å². The number of carboxylic acid groups (broad SMARTS) is 1. The molecule has 152 valence electrons. The Bertz CT molecular complexity index is 937. The van der Waals surface area contributed by atoms with E-state index in [0.717, 1.165) is 22.4 Å². The second-order valence-corrected chi connectivity index (χ2v) is 6.86. The van der Waals surface area contributed by atoms with Crippen LogP contribution in [0.2, 0.25) is 0 Å². The van der Waals surface area contributed by atoms with Gasteiger partial charge in [-0.1, -0.05) is 35.9 Å². The molecule has 1 atom stereocenters. The molecule has 1 unspecified atom stereocenters. The first-order valence-corrected chi connectivity index (χ1v) is 9.31. The fourth-order valence-corrected chi connectivity index (χ4v) is 3.30. The van der Waals surface area contributed by atoms with E-state index in [1.54, 1.807) is 20.3 Å². The van der Waals surface area contributed by atoms with Crippen LogP contribution in [-0.2, 0) is 9.59 Å². The van der Waals surface area contributed by atoms with Crippen LogP contribution < -0.4 is 14.6 Å². The van der Waals surface area contributed by atoms with Gasteiger partial charge in [0.1, 0.15) is 0 Å². The molecule has 0 N–H and O–H groups in total. The summed E-state index contributed by atoms with van der Waals surface area (Å²) in [6.45, 7) is 2.00. The van der Waals surface area contributed by atoms with E-state index in [9.17, 15) is 14.7 Å². The zero-order valence-corrected chi connectivity index (χ0v) is 16.7. The van der Waals surface area contributed by atoms with Crippen molar-refractivity contribution in [2.45, 2.75) is 32.2 Å². The SMILES string of the molecule is COc1ccc(C2CC(c3ccc(C)cc3)=NN2C(=O)CCC(=O)[O-])cc1OC. The second kappa shape index (κ2) is 8.77. The van der Waals surface area contributed by atoms with E-state index in [-0.39, 0.29) is 24.8 Å². The van der Waals surface area contributed by atoms with Gasteiger partial charge in [0.15, 0.2) is 11.5 Å². The summed E-state index contributed by atoms with van der Waals surface area (Å²) in [6.07, 6.45) is -0.00419. The molecule has 0 bridgehead atoms. The van der Waals surface area contributed by atoms with Crippen molar-refractivity contribution in [1.29, 1.82) is 0 Å². The van der Waals surface area contributed by atoms with Gasteiger partial charge < -0.3 is 19.4 Å². The maximum Gasteiger partial charge on any atom is 0.243 e. The molecule has 7 nitrogen and oxygen atoms in total. The van der Waals surface area contributed by atoms with Crippen molar-refractivity contribution >= 4 is 17.6 Å². The number of hydrogen-bond acceptors (Lipinski definition) is 6. The lowest BCUT2D eigenvalue weighted by Gasteiger charge is -2.23. The lowest BCUT2D eigenvalue weighted by Crippen LogP contribution is -2.29. The summed E-state index contributed by atoms with van der Waals surface area (Å²) >= 11 is 0. The number of carbonyl (C=O) groups is 2. The number of amides is 1. The molecule has 1 heterocycles. The van der Waals surface area contributed by atoms with Crippen molar-refractivity contribution in [1.82, 2.24) is 5.01 Å². The first kappa shape index (κ1) is 20.4. The van der Waals surface area contributed by atoms with Crippen LogP contribution in [0.5, 0.6) is 11.5 Å². The summed E-state index contributed by atoms with van der Waals surface area (Å²) in [7, 11) is 3.11. The van der Waals surface area contributed by atoms with Gasteiger partial charge in [-0.25, -0.2) is 5.01 Å². The molecule has 2 aromatic rings. The first-order valence-electron chi connectivity index (χ1n) is 9.31. The minimum absolute atomic E-state index is 0.170. The van der Waals surface area contributed by atoms with Crippen LogP contribution >= 0.6 is 0 Å². The largest absolute Gasteiger partial charge is 0.550 e. The summed E-state index contributed by atoms with van der Waals surface area (Å²) in [5, 5.41) is 16.7. The van der Waals surface area contributed by atoms with Crippen molar-refractivity contribution in [3.8, 4) is 11.5 Å². The zero-order valence-electron chi connectivity index (χ0n) is 16.7. The Morgan fingerprint density at radius 3 is 2.38 bits per heavy atom. The standard InChI is InChI=1S/C22H24N2O5/c1-14-4-6-15(7-5-14)17-13-18(24(23-17)21(25)10-11-22(26)27)16-8-9-19(28-2)20(12-16)29-3/h4-9,12,18H,10-11,13H2,1-3H3,(H,26,27)/p-1. The van der Waals surface area contributed by atoms with E-state index in [1.807, 2.05) is 43.3 Å². The van der Waals surface area contributed by atoms with Crippen LogP contribution in [0, 0.1) is 6.92 Å². The molecule has 0 saturated carbocycles. The number of aliphatic carboxylic acids is 1. The normalized spacial score (nSPS) is 15.8. The maximum absolute atomic E-state index is 12.7. The first-order chi connectivity index (χ1) is 13.9. The second-order valence-electron chi connectivity index (χ2n) is 6.86. The number of rotatable bonds is 7. The third kappa shape index (κ3) is 4.56. The molecule has 0 saturated heterocycles. The lowest BCUT2D eigenvalue weighted by molar-refractivity contribution is -0.305. The summed E-state index contributed by atoms with van der Waals surface area (Å²) in [5.41, 5.74) is 3.66. The Morgan fingerprint density at radius 1 is 1.07 bits per heavy atom. The molecule has 7 heteroatoms. The molecule has 0 spiro atoms. The minimum Gasteiger partial charge on any atom is -0.550 e. The molecule has 0 radical (unpaired) electrons. The van der Waals surface area contributed by atoms with Gasteiger partial charge in [-0.2, -0.15) is 5.10 Å². The summed E-state index contributed by atoms with van der Waals surface area (Å²) < 4.78 is 10.7. The molecule has 1 amide bonds. The van der Waals surface area contributed by atoms with Gasteiger partial charge in [0, 0.05) is 18.8 Å². The molecule has 0 aromatic heterocycles. The molecule has 2 aromatic carbocycles. The Balaban J connectivity index is 1.94. The van der Waals surface area contributed by atoms with E-state index in [1.165, 1.54) is 5.01 Å². The van der Waals surface area contributed by atoms with Crippen LogP contribution in [0.4, 0.5) is 0 Å². The predicted molar refractivity (Wildman–Crippen MR) is 106 cm³/mol. The predicted octanol–water partition coefficient (Wildman–Crippen LogP) is 2.22. The van der Waals surface area contributed by atoms with E-state index in [4.69, 9.17) is 9.47 Å². The van der Waals surface area contributed by atoms with Crippen molar-refractivity contribution in [3.63, 3.8) is 0 Å². The molecule has 0 aliphatic carbocycles. The number of carbonyl (C=O) groups excluding carboxylic acids is 2. The number of aryl methyl sites for hydroxylation is 1. The molecule has 1 aliphatic rings. The molecular weight excluding hydrogens is 372 g/mol. The average molecular weight is 395 g/mol. The summed E-state index contributed by atoms with van der Waals surface area (Å²) in [4.78, 5) is 23.5. The number of carboxylic acids is 1. The Labute approximate surface area is 169 Å². The van der Waals surface area contributed by atoms with Crippen LogP contribution in [-0.4, -0.2) is 36.8 Å². The van der Waals surface area contributed by atoms with Crippen LogP contribution in [0.15, 0.2) is 47.6 Å². The third-order valence-electron chi connectivity index (χ3n) is 4.89. The number of benzene rings is 2. The zero-order chi connectivity index (χ0) is 21.0. The Hall–Kier alpha value is -3.35. The Morgan fingerprint density at radius 2 is 1.76 bits per heavy atom. The number of ether oxygens (including phenoxy) is 2. The molecule has 29 heavy (non-hydrogen) atoms. The molecular formula is C22H23N2O5-.